The average Bonchev–Trinajstić information content (AvgIpc) is 3.47. The largest absolute Gasteiger partial charge is 0.489 e. The summed E-state index contributed by atoms with van der Waals surface area (Å²) in [5.74, 6) is 0.244. The number of rotatable bonds is 13. The number of furan rings is 1. The smallest absolute Gasteiger partial charge is 0.336 e. The Kier molecular flexibility index (Phi) is 9.33. The summed E-state index contributed by atoms with van der Waals surface area (Å²) in [5, 5.41) is 21.2. The molecule has 1 fully saturated rings. The molecule has 1 amide bonds. The molecule has 2 aromatic heterocycles. The lowest BCUT2D eigenvalue weighted by Gasteiger charge is -2.26. The van der Waals surface area contributed by atoms with E-state index in [1.54, 1.807) is 31.2 Å². The molecule has 0 bridgehead atoms. The molecule has 1 saturated heterocycles. The van der Waals surface area contributed by atoms with Crippen LogP contribution in [-0.4, -0.2) is 60.2 Å². The maximum atomic E-state index is 12.8. The average molecular weight is 528 g/mol. The molecule has 0 radical (unpaired) electrons. The SMILES string of the molecule is Cc1noc(C)c1COc1cccc(C(=O)Nc2oc(OCCCCCN3CCNCC3)cc2[N+](=O)[O-])c1. The van der Waals surface area contributed by atoms with Crippen molar-refractivity contribution in [3.63, 3.8) is 0 Å². The minimum absolute atomic E-state index is 0.00866. The van der Waals surface area contributed by atoms with E-state index < -0.39 is 10.8 Å². The number of carbonyl (C=O) groups excluding carboxylic acids is 1. The van der Waals surface area contributed by atoms with Gasteiger partial charge in [0, 0.05) is 31.7 Å². The Bertz CT molecular complexity index is 1210. The van der Waals surface area contributed by atoms with Crippen molar-refractivity contribution in [1.29, 1.82) is 0 Å². The number of nitrogens with zero attached hydrogens (tertiary/aromatic N) is 3. The van der Waals surface area contributed by atoms with E-state index in [2.05, 4.69) is 20.7 Å². The zero-order valence-corrected chi connectivity index (χ0v) is 21.7. The van der Waals surface area contributed by atoms with Crippen molar-refractivity contribution in [3.05, 3.63) is 63.0 Å². The molecule has 3 heterocycles. The third kappa shape index (κ3) is 7.33. The number of carbonyl (C=O) groups is 1. The molecule has 0 unspecified atom stereocenters. The molecule has 1 aliphatic rings. The molecule has 3 aromatic rings. The number of amides is 1. The first-order chi connectivity index (χ1) is 18.4. The third-order valence-corrected chi connectivity index (χ3v) is 6.35. The van der Waals surface area contributed by atoms with E-state index in [0.29, 0.717) is 18.1 Å². The van der Waals surface area contributed by atoms with Crippen LogP contribution in [0.15, 0.2) is 39.3 Å². The van der Waals surface area contributed by atoms with Crippen LogP contribution in [0.4, 0.5) is 11.6 Å². The van der Waals surface area contributed by atoms with Gasteiger partial charge >= 0.3 is 5.69 Å². The van der Waals surface area contributed by atoms with Gasteiger partial charge in [0.25, 0.3) is 17.7 Å². The van der Waals surface area contributed by atoms with Gasteiger partial charge in [-0.25, -0.2) is 0 Å². The van der Waals surface area contributed by atoms with Crippen LogP contribution in [0.3, 0.4) is 0 Å². The number of nitrogens with one attached hydrogen (secondary N) is 2. The van der Waals surface area contributed by atoms with Crippen molar-refractivity contribution in [3.8, 4) is 11.7 Å². The number of benzene rings is 1. The number of anilines is 1. The molecule has 2 N–H and O–H groups in total. The van der Waals surface area contributed by atoms with E-state index in [9.17, 15) is 14.9 Å². The van der Waals surface area contributed by atoms with Crippen LogP contribution >= 0.6 is 0 Å². The molecular formula is C26H33N5O7. The van der Waals surface area contributed by atoms with Gasteiger partial charge < -0.3 is 28.6 Å². The highest BCUT2D eigenvalue weighted by Gasteiger charge is 2.24. The summed E-state index contributed by atoms with van der Waals surface area (Å²) in [5.41, 5.74) is 1.43. The molecule has 38 heavy (non-hydrogen) atoms. The lowest BCUT2D eigenvalue weighted by molar-refractivity contribution is -0.384. The summed E-state index contributed by atoms with van der Waals surface area (Å²) in [6.07, 6.45) is 2.83. The van der Waals surface area contributed by atoms with Crippen molar-refractivity contribution >= 4 is 17.5 Å². The van der Waals surface area contributed by atoms with Gasteiger partial charge in [-0.3, -0.25) is 20.2 Å². The molecule has 0 saturated carbocycles. The van der Waals surface area contributed by atoms with Gasteiger partial charge in [0.2, 0.25) is 0 Å². The summed E-state index contributed by atoms with van der Waals surface area (Å²) in [6, 6.07) is 7.66. The van der Waals surface area contributed by atoms with Crippen molar-refractivity contribution in [2.24, 2.45) is 0 Å². The Balaban J connectivity index is 1.28. The van der Waals surface area contributed by atoms with Crippen molar-refractivity contribution in [2.45, 2.75) is 39.7 Å². The van der Waals surface area contributed by atoms with E-state index in [1.807, 2.05) is 6.92 Å². The Morgan fingerprint density at radius 1 is 1.18 bits per heavy atom. The maximum Gasteiger partial charge on any atom is 0.336 e. The second-order valence-corrected chi connectivity index (χ2v) is 9.11. The van der Waals surface area contributed by atoms with Crippen LogP contribution in [0.25, 0.3) is 0 Å². The topological polar surface area (TPSA) is 145 Å². The Morgan fingerprint density at radius 3 is 2.74 bits per heavy atom. The van der Waals surface area contributed by atoms with Gasteiger partial charge in [-0.1, -0.05) is 11.2 Å². The first kappa shape index (κ1) is 27.1. The van der Waals surface area contributed by atoms with Gasteiger partial charge in [-0.2, -0.15) is 0 Å². The monoisotopic (exact) mass is 527 g/mol. The number of aryl methyl sites for hydroxylation is 2. The second-order valence-electron chi connectivity index (χ2n) is 9.11. The molecule has 1 aromatic carbocycles. The molecule has 0 atom stereocenters. The fraction of sp³-hybridized carbons (Fsp3) is 0.462. The van der Waals surface area contributed by atoms with Crippen LogP contribution in [0, 0.1) is 24.0 Å². The fourth-order valence-electron chi connectivity index (χ4n) is 4.14. The number of nitro groups is 1. The first-order valence-electron chi connectivity index (χ1n) is 12.7. The summed E-state index contributed by atoms with van der Waals surface area (Å²) in [6.45, 7) is 9.46. The van der Waals surface area contributed by atoms with Crippen LogP contribution in [-0.2, 0) is 6.61 Å². The molecule has 0 aliphatic carbocycles. The Morgan fingerprint density at radius 2 is 2.00 bits per heavy atom. The Labute approximate surface area is 220 Å². The zero-order valence-electron chi connectivity index (χ0n) is 21.7. The van der Waals surface area contributed by atoms with Gasteiger partial charge in [0.1, 0.15) is 24.2 Å². The van der Waals surface area contributed by atoms with Crippen molar-refractivity contribution in [1.82, 2.24) is 15.4 Å². The number of hydrogen-bond donors (Lipinski definition) is 2. The first-order valence-corrected chi connectivity index (χ1v) is 12.7. The highest BCUT2D eigenvalue weighted by molar-refractivity contribution is 6.04. The van der Waals surface area contributed by atoms with Crippen molar-refractivity contribution < 1.29 is 28.1 Å². The lowest BCUT2D eigenvalue weighted by Crippen LogP contribution is -2.43. The Hall–Kier alpha value is -3.90. The van der Waals surface area contributed by atoms with Crippen molar-refractivity contribution in [2.75, 3.05) is 44.6 Å². The fourth-order valence-corrected chi connectivity index (χ4v) is 4.14. The molecule has 4 rings (SSSR count). The molecule has 204 valence electrons. The highest BCUT2D eigenvalue weighted by Crippen LogP contribution is 2.34. The van der Waals surface area contributed by atoms with E-state index in [4.69, 9.17) is 18.4 Å². The lowest BCUT2D eigenvalue weighted by atomic mass is 10.2. The second kappa shape index (κ2) is 13.1. The van der Waals surface area contributed by atoms with Gasteiger partial charge in [0.05, 0.1) is 22.8 Å². The summed E-state index contributed by atoms with van der Waals surface area (Å²) >= 11 is 0. The van der Waals surface area contributed by atoms with Crippen LogP contribution in [0.1, 0.15) is 46.6 Å². The third-order valence-electron chi connectivity index (χ3n) is 6.35. The van der Waals surface area contributed by atoms with E-state index >= 15 is 0 Å². The number of piperazine rings is 1. The predicted molar refractivity (Wildman–Crippen MR) is 139 cm³/mol. The number of aromatic nitrogens is 1. The summed E-state index contributed by atoms with van der Waals surface area (Å²) < 4.78 is 22.0. The quantitative estimate of drug-likeness (QED) is 0.189. The molecular weight excluding hydrogens is 494 g/mol. The molecule has 1 aliphatic heterocycles. The van der Waals surface area contributed by atoms with Crippen LogP contribution in [0.5, 0.6) is 11.7 Å². The van der Waals surface area contributed by atoms with Gasteiger partial charge in [-0.05, 0) is 57.9 Å². The maximum absolute atomic E-state index is 12.8. The number of hydrogen-bond acceptors (Lipinski definition) is 10. The van der Waals surface area contributed by atoms with Crippen LogP contribution < -0.4 is 20.1 Å². The normalized spacial score (nSPS) is 13.8. The van der Waals surface area contributed by atoms with E-state index in [0.717, 1.165) is 63.2 Å². The molecule has 0 spiro atoms. The van der Waals surface area contributed by atoms with Gasteiger partial charge in [-0.15, -0.1) is 0 Å². The minimum atomic E-state index is -0.622. The van der Waals surface area contributed by atoms with Gasteiger partial charge in [0.15, 0.2) is 0 Å². The van der Waals surface area contributed by atoms with Crippen LogP contribution in [0.2, 0.25) is 0 Å². The van der Waals surface area contributed by atoms with E-state index in [1.165, 1.54) is 6.07 Å². The minimum Gasteiger partial charge on any atom is -0.489 e. The highest BCUT2D eigenvalue weighted by atomic mass is 16.6. The summed E-state index contributed by atoms with van der Waals surface area (Å²) in [7, 11) is 0. The number of unbranched alkanes of at least 4 members (excludes halogenated alkanes) is 2. The molecule has 12 heteroatoms. The van der Waals surface area contributed by atoms with E-state index in [-0.39, 0.29) is 29.7 Å². The summed E-state index contributed by atoms with van der Waals surface area (Å²) in [4.78, 5) is 26.2. The molecule has 12 nitrogen and oxygen atoms in total. The number of ether oxygens (including phenoxy) is 2. The standard InChI is InChI=1S/C26H33N5O7/c1-18-22(19(2)38-29-18)17-36-21-8-6-7-20(15-21)25(32)28-26-23(31(33)34)16-24(37-26)35-14-5-3-4-11-30-12-9-27-10-13-30/h6-8,15-16,27H,3-5,9-14,17H2,1-2H3,(H,28,32). The zero-order chi connectivity index (χ0) is 26.9. The predicted octanol–water partition coefficient (Wildman–Crippen LogP) is 4.08.